The highest BCUT2D eigenvalue weighted by atomic mass is 35.5. The zero-order chi connectivity index (χ0) is 16.2. The minimum Gasteiger partial charge on any atom is -0.218 e. The molecule has 0 aliphatic rings. The van der Waals surface area contributed by atoms with Crippen LogP contribution < -0.4 is 0 Å². The molecule has 0 saturated carbocycles. The lowest BCUT2D eigenvalue weighted by Crippen LogP contribution is -2.03. The van der Waals surface area contributed by atoms with Crippen molar-refractivity contribution in [3.63, 3.8) is 0 Å². The van der Waals surface area contributed by atoms with E-state index in [0.717, 1.165) is 4.90 Å². The first kappa shape index (κ1) is 16.6. The quantitative estimate of drug-likeness (QED) is 0.606. The second-order valence-corrected chi connectivity index (χ2v) is 7.59. The number of rotatable bonds is 4. The maximum atomic E-state index is 12.5. The molecule has 0 radical (unpaired) electrons. The van der Waals surface area contributed by atoms with E-state index in [0.29, 0.717) is 10.6 Å². The predicted molar refractivity (Wildman–Crippen MR) is 90.5 cm³/mol. The lowest BCUT2D eigenvalue weighted by molar-refractivity contribution is 0.603. The largest absolute Gasteiger partial charge is 0.218 e. The molecule has 2 aromatic carbocycles. The molecule has 0 fully saturated rings. The second kappa shape index (κ2) is 7.01. The number of hydrogen-bond acceptors (Lipinski definition) is 4. The monoisotopic (exact) mass is 349 g/mol. The van der Waals surface area contributed by atoms with Crippen molar-refractivity contribution in [1.82, 2.24) is 0 Å². The molecule has 0 aliphatic carbocycles. The molecule has 0 bridgehead atoms. The van der Waals surface area contributed by atoms with Crippen LogP contribution in [0.15, 0.2) is 63.2 Å². The van der Waals surface area contributed by atoms with Crippen molar-refractivity contribution in [1.29, 1.82) is 5.26 Å². The van der Waals surface area contributed by atoms with Crippen molar-refractivity contribution in [3.05, 3.63) is 64.0 Å². The first-order valence-corrected chi connectivity index (χ1v) is 9.32. The van der Waals surface area contributed by atoms with Gasteiger partial charge in [-0.2, -0.15) is 5.26 Å². The van der Waals surface area contributed by atoms with E-state index in [4.69, 9.17) is 11.6 Å². The smallest absolute Gasteiger partial charge is 0.216 e. The van der Waals surface area contributed by atoms with E-state index in [-0.39, 0.29) is 9.80 Å². The number of allylic oxidation sites excluding steroid dienone is 1. The van der Waals surface area contributed by atoms with Gasteiger partial charge in [0.1, 0.15) is 11.0 Å². The maximum Gasteiger partial charge on any atom is 0.216 e. The summed E-state index contributed by atoms with van der Waals surface area (Å²) in [5.74, 6) is 0. The molecule has 0 atom stereocenters. The molecule has 3 nitrogen and oxygen atoms in total. The fourth-order valence-electron chi connectivity index (χ4n) is 1.76. The van der Waals surface area contributed by atoms with Gasteiger partial charge in [0.25, 0.3) is 0 Å². The molecule has 112 valence electrons. The van der Waals surface area contributed by atoms with Crippen LogP contribution in [0, 0.1) is 11.3 Å². The van der Waals surface area contributed by atoms with Gasteiger partial charge in [0.15, 0.2) is 0 Å². The molecule has 0 aromatic heterocycles. The van der Waals surface area contributed by atoms with Gasteiger partial charge >= 0.3 is 0 Å². The lowest BCUT2D eigenvalue weighted by atomic mass is 10.2. The average molecular weight is 350 g/mol. The Labute approximate surface area is 139 Å². The summed E-state index contributed by atoms with van der Waals surface area (Å²) in [6.45, 7) is 0. The summed E-state index contributed by atoms with van der Waals surface area (Å²) >= 11 is 7.35. The molecule has 0 saturated heterocycles. The number of halogens is 1. The van der Waals surface area contributed by atoms with Gasteiger partial charge < -0.3 is 0 Å². The minimum atomic E-state index is -3.85. The number of benzene rings is 2. The summed E-state index contributed by atoms with van der Waals surface area (Å²) in [7, 11) is -3.85. The second-order valence-electron chi connectivity index (χ2n) is 4.35. The van der Waals surface area contributed by atoms with Crippen LogP contribution in [0.1, 0.15) is 5.56 Å². The fraction of sp³-hybridized carbons (Fsp3) is 0.0625. The van der Waals surface area contributed by atoms with Gasteiger partial charge in [-0.05, 0) is 54.3 Å². The number of sulfone groups is 1. The number of nitriles is 1. The zero-order valence-electron chi connectivity index (χ0n) is 11.7. The van der Waals surface area contributed by atoms with Crippen molar-refractivity contribution in [2.45, 2.75) is 9.79 Å². The highest BCUT2D eigenvalue weighted by Crippen LogP contribution is 2.23. The highest BCUT2D eigenvalue weighted by molar-refractivity contribution is 7.98. The zero-order valence-corrected chi connectivity index (χ0v) is 14.0. The summed E-state index contributed by atoms with van der Waals surface area (Å²) in [5.41, 5.74) is 0.659. The molecule has 2 aromatic rings. The topological polar surface area (TPSA) is 57.9 Å². The van der Waals surface area contributed by atoms with E-state index in [2.05, 4.69) is 0 Å². The molecule has 0 unspecified atom stereocenters. The van der Waals surface area contributed by atoms with Crippen LogP contribution in [0.25, 0.3) is 6.08 Å². The summed E-state index contributed by atoms with van der Waals surface area (Å²) in [6, 6.07) is 14.8. The molecule has 0 aliphatic heterocycles. The van der Waals surface area contributed by atoms with Crippen LogP contribution in [0.3, 0.4) is 0 Å². The molecule has 22 heavy (non-hydrogen) atoms. The molecule has 0 spiro atoms. The van der Waals surface area contributed by atoms with Gasteiger partial charge in [-0.1, -0.05) is 23.7 Å². The standard InChI is InChI=1S/C16H12ClNO2S2/c1-21-14-6-2-12(3-7-14)10-16(11-18)22(19,20)15-8-4-13(17)5-9-15/h2-10H,1H3/b16-10+. The van der Waals surface area contributed by atoms with Crippen molar-refractivity contribution < 1.29 is 8.42 Å². The molecule has 0 heterocycles. The Morgan fingerprint density at radius 1 is 1.14 bits per heavy atom. The molecular weight excluding hydrogens is 338 g/mol. The summed E-state index contributed by atoms with van der Waals surface area (Å²) in [5, 5.41) is 9.65. The third kappa shape index (κ3) is 3.72. The van der Waals surface area contributed by atoms with Crippen LogP contribution in [0.4, 0.5) is 0 Å². The van der Waals surface area contributed by atoms with E-state index < -0.39 is 9.84 Å². The van der Waals surface area contributed by atoms with Gasteiger partial charge in [-0.25, -0.2) is 8.42 Å². The molecule has 2 rings (SSSR count). The van der Waals surface area contributed by atoms with Crippen LogP contribution in [0.2, 0.25) is 5.02 Å². The van der Waals surface area contributed by atoms with Gasteiger partial charge in [-0.3, -0.25) is 0 Å². The maximum absolute atomic E-state index is 12.5. The van der Waals surface area contributed by atoms with Gasteiger partial charge in [0, 0.05) is 9.92 Å². The van der Waals surface area contributed by atoms with Crippen LogP contribution in [-0.4, -0.2) is 14.7 Å². The first-order valence-electron chi connectivity index (χ1n) is 6.24. The Kier molecular flexibility index (Phi) is 5.30. The van der Waals surface area contributed by atoms with E-state index in [1.54, 1.807) is 30.0 Å². The number of nitrogens with zero attached hydrogens (tertiary/aromatic N) is 1. The van der Waals surface area contributed by atoms with Crippen LogP contribution >= 0.6 is 23.4 Å². The lowest BCUT2D eigenvalue weighted by Gasteiger charge is -2.04. The molecule has 0 amide bonds. The van der Waals surface area contributed by atoms with Gasteiger partial charge in [0.05, 0.1) is 4.90 Å². The Hall–Kier alpha value is -1.74. The fourth-order valence-corrected chi connectivity index (χ4v) is 3.46. The minimum absolute atomic E-state index is 0.0467. The SMILES string of the molecule is CSc1ccc(/C=C(\C#N)S(=O)(=O)c2ccc(Cl)cc2)cc1. The molecule has 0 N–H and O–H groups in total. The van der Waals surface area contributed by atoms with Crippen molar-refractivity contribution in [3.8, 4) is 6.07 Å². The van der Waals surface area contributed by atoms with Crippen molar-refractivity contribution in [2.75, 3.05) is 6.26 Å². The van der Waals surface area contributed by atoms with Gasteiger partial charge in [-0.15, -0.1) is 11.8 Å². The van der Waals surface area contributed by atoms with Crippen LogP contribution in [-0.2, 0) is 9.84 Å². The highest BCUT2D eigenvalue weighted by Gasteiger charge is 2.20. The molecule has 6 heteroatoms. The summed E-state index contributed by atoms with van der Waals surface area (Å²) < 4.78 is 24.9. The number of thioether (sulfide) groups is 1. The first-order chi connectivity index (χ1) is 10.5. The average Bonchev–Trinajstić information content (AvgIpc) is 2.53. The van der Waals surface area contributed by atoms with E-state index in [1.165, 1.54) is 30.3 Å². The molecular formula is C16H12ClNO2S2. The summed E-state index contributed by atoms with van der Waals surface area (Å²) in [4.78, 5) is 0.813. The Bertz CT molecular complexity index is 833. The number of hydrogen-bond donors (Lipinski definition) is 0. The Morgan fingerprint density at radius 3 is 2.23 bits per heavy atom. The van der Waals surface area contributed by atoms with E-state index >= 15 is 0 Å². The van der Waals surface area contributed by atoms with Gasteiger partial charge in [0.2, 0.25) is 9.84 Å². The Morgan fingerprint density at radius 2 is 1.73 bits per heavy atom. The normalized spacial score (nSPS) is 12.0. The van der Waals surface area contributed by atoms with Crippen LogP contribution in [0.5, 0.6) is 0 Å². The third-order valence-corrected chi connectivity index (χ3v) is 5.61. The van der Waals surface area contributed by atoms with E-state index in [9.17, 15) is 13.7 Å². The Balaban J connectivity index is 2.43. The van der Waals surface area contributed by atoms with Crippen molar-refractivity contribution in [2.24, 2.45) is 0 Å². The van der Waals surface area contributed by atoms with E-state index in [1.807, 2.05) is 18.4 Å². The predicted octanol–water partition coefficient (Wildman–Crippen LogP) is 4.40. The van der Waals surface area contributed by atoms with Crippen molar-refractivity contribution >= 4 is 39.3 Å². The summed E-state index contributed by atoms with van der Waals surface area (Å²) in [6.07, 6.45) is 3.32. The third-order valence-electron chi connectivity index (χ3n) is 2.94.